The summed E-state index contributed by atoms with van der Waals surface area (Å²) in [6.45, 7) is 4.53. The first-order valence-electron chi connectivity index (χ1n) is 8.18. The summed E-state index contributed by atoms with van der Waals surface area (Å²) in [5, 5.41) is 8.79. The van der Waals surface area contributed by atoms with Crippen molar-refractivity contribution in [2.75, 3.05) is 26.7 Å². The van der Waals surface area contributed by atoms with Gasteiger partial charge in [0.05, 0.1) is 4.90 Å². The van der Waals surface area contributed by atoms with E-state index < -0.39 is 28.4 Å². The summed E-state index contributed by atoms with van der Waals surface area (Å²) in [6.07, 6.45) is 0.991. The van der Waals surface area contributed by atoms with Crippen LogP contribution < -0.4 is 0 Å². The summed E-state index contributed by atoms with van der Waals surface area (Å²) in [5.41, 5.74) is 0.155. The highest BCUT2D eigenvalue weighted by atomic mass is 32.2. The van der Waals surface area contributed by atoms with Crippen molar-refractivity contribution in [3.8, 4) is 0 Å². The van der Waals surface area contributed by atoms with E-state index in [1.54, 1.807) is 0 Å². The molecule has 0 spiro atoms. The third-order valence-corrected chi connectivity index (χ3v) is 6.10. The van der Waals surface area contributed by atoms with Crippen molar-refractivity contribution in [1.82, 2.24) is 9.21 Å². The smallest absolute Gasteiger partial charge is 0.323 e. The van der Waals surface area contributed by atoms with Crippen LogP contribution in [0, 0.1) is 11.8 Å². The van der Waals surface area contributed by atoms with Crippen LogP contribution in [0.25, 0.3) is 0 Å². The minimum Gasteiger partial charge on any atom is -0.480 e. The molecular weight excluding hydrogens is 344 g/mol. The molecule has 1 aromatic carbocycles. The van der Waals surface area contributed by atoms with Crippen LogP contribution in [0.15, 0.2) is 29.2 Å². The Bertz CT molecular complexity index is 752. The van der Waals surface area contributed by atoms with Crippen molar-refractivity contribution < 1.29 is 23.1 Å². The lowest BCUT2D eigenvalue weighted by atomic mass is 9.94. The van der Waals surface area contributed by atoms with Gasteiger partial charge in [0, 0.05) is 25.7 Å². The van der Waals surface area contributed by atoms with E-state index in [-0.39, 0.29) is 22.3 Å². The summed E-state index contributed by atoms with van der Waals surface area (Å²) < 4.78 is 27.3. The molecule has 1 saturated heterocycles. The lowest BCUT2D eigenvalue weighted by Gasteiger charge is -2.34. The van der Waals surface area contributed by atoms with Gasteiger partial charge in [0.25, 0.3) is 5.91 Å². The first-order valence-corrected chi connectivity index (χ1v) is 9.62. The van der Waals surface area contributed by atoms with Crippen LogP contribution in [0.1, 0.15) is 30.6 Å². The summed E-state index contributed by atoms with van der Waals surface area (Å²) in [6, 6.07) is 5.78. The molecule has 1 aliphatic heterocycles. The predicted octanol–water partition coefficient (Wildman–Crippen LogP) is 1.51. The third kappa shape index (κ3) is 4.58. The topological polar surface area (TPSA) is 95.0 Å². The highest BCUT2D eigenvalue weighted by molar-refractivity contribution is 7.89. The van der Waals surface area contributed by atoms with E-state index >= 15 is 0 Å². The normalized spacial score (nSPS) is 21.7. The maximum Gasteiger partial charge on any atom is 0.323 e. The van der Waals surface area contributed by atoms with E-state index in [0.717, 1.165) is 11.3 Å². The molecule has 1 aliphatic rings. The number of likely N-dealkylation sites (N-methyl/N-ethyl adjacent to an activating group) is 1. The van der Waals surface area contributed by atoms with Crippen LogP contribution >= 0.6 is 0 Å². The second kappa shape index (κ2) is 7.53. The second-order valence-electron chi connectivity index (χ2n) is 6.85. The molecule has 0 aromatic heterocycles. The fourth-order valence-corrected chi connectivity index (χ4v) is 4.96. The van der Waals surface area contributed by atoms with Crippen LogP contribution in [-0.2, 0) is 14.8 Å². The highest BCUT2D eigenvalue weighted by Gasteiger charge is 2.32. The van der Waals surface area contributed by atoms with Crippen LogP contribution in [0.2, 0.25) is 0 Å². The Morgan fingerprint density at radius 1 is 1.24 bits per heavy atom. The van der Waals surface area contributed by atoms with Crippen molar-refractivity contribution in [2.24, 2.45) is 11.8 Å². The number of carbonyl (C=O) groups excluding carboxylic acids is 1. The van der Waals surface area contributed by atoms with Crippen LogP contribution in [0.5, 0.6) is 0 Å². The Balaban J connectivity index is 2.28. The quantitative estimate of drug-likeness (QED) is 0.850. The highest BCUT2D eigenvalue weighted by Crippen LogP contribution is 2.27. The van der Waals surface area contributed by atoms with Gasteiger partial charge >= 0.3 is 5.97 Å². The molecule has 0 bridgehead atoms. The van der Waals surface area contributed by atoms with Crippen molar-refractivity contribution >= 4 is 21.9 Å². The van der Waals surface area contributed by atoms with Gasteiger partial charge in [-0.15, -0.1) is 0 Å². The molecule has 138 valence electrons. The summed E-state index contributed by atoms with van der Waals surface area (Å²) in [4.78, 5) is 24.1. The molecule has 7 nitrogen and oxygen atoms in total. The molecule has 25 heavy (non-hydrogen) atoms. The number of sulfonamides is 1. The number of benzene rings is 1. The number of piperidine rings is 1. The van der Waals surface area contributed by atoms with E-state index in [1.165, 1.54) is 35.6 Å². The first kappa shape index (κ1) is 19.4. The molecule has 1 amide bonds. The van der Waals surface area contributed by atoms with Gasteiger partial charge < -0.3 is 10.0 Å². The van der Waals surface area contributed by atoms with Gasteiger partial charge in [-0.25, -0.2) is 8.42 Å². The number of aliphatic carboxylic acids is 1. The van der Waals surface area contributed by atoms with Gasteiger partial charge in [-0.05, 0) is 36.5 Å². The molecule has 2 atom stereocenters. The SMILES string of the molecule is CC1CC(C)CN(S(=O)(=O)c2cccc(C(=O)N(C)CC(=O)O)c2)C1. The fraction of sp³-hybridized carbons (Fsp3) is 0.529. The number of carbonyl (C=O) groups is 2. The van der Waals surface area contributed by atoms with Crippen molar-refractivity contribution in [3.05, 3.63) is 29.8 Å². The lowest BCUT2D eigenvalue weighted by Crippen LogP contribution is -2.42. The van der Waals surface area contributed by atoms with Gasteiger partial charge in [-0.2, -0.15) is 4.31 Å². The minimum atomic E-state index is -3.69. The zero-order valence-corrected chi connectivity index (χ0v) is 15.5. The van der Waals surface area contributed by atoms with Crippen LogP contribution in [0.3, 0.4) is 0 Å². The number of carboxylic acid groups (broad SMARTS) is 1. The van der Waals surface area contributed by atoms with E-state index in [0.29, 0.717) is 13.1 Å². The largest absolute Gasteiger partial charge is 0.480 e. The molecule has 0 radical (unpaired) electrons. The molecule has 1 N–H and O–H groups in total. The molecule has 1 aromatic rings. The second-order valence-corrected chi connectivity index (χ2v) is 8.79. The molecule has 1 heterocycles. The average Bonchev–Trinajstić information content (AvgIpc) is 2.52. The van der Waals surface area contributed by atoms with E-state index in [9.17, 15) is 18.0 Å². The first-order chi connectivity index (χ1) is 11.6. The van der Waals surface area contributed by atoms with Gasteiger partial charge in [0.15, 0.2) is 0 Å². The number of carboxylic acids is 1. The van der Waals surface area contributed by atoms with Crippen molar-refractivity contribution in [1.29, 1.82) is 0 Å². The Labute approximate surface area is 148 Å². The van der Waals surface area contributed by atoms with Crippen molar-refractivity contribution in [2.45, 2.75) is 25.2 Å². The molecule has 0 saturated carbocycles. The lowest BCUT2D eigenvalue weighted by molar-refractivity contribution is -0.137. The molecule has 2 rings (SSSR count). The average molecular weight is 368 g/mol. The Kier molecular flexibility index (Phi) is 5.84. The van der Waals surface area contributed by atoms with Gasteiger partial charge in [-0.1, -0.05) is 19.9 Å². The Hall–Kier alpha value is -1.93. The number of amides is 1. The fourth-order valence-electron chi connectivity index (χ4n) is 3.24. The number of hydrogen-bond acceptors (Lipinski definition) is 4. The predicted molar refractivity (Wildman–Crippen MR) is 92.7 cm³/mol. The summed E-state index contributed by atoms with van der Waals surface area (Å²) in [7, 11) is -2.32. The zero-order chi connectivity index (χ0) is 18.8. The Morgan fingerprint density at radius 2 is 1.84 bits per heavy atom. The molecule has 0 aliphatic carbocycles. The van der Waals surface area contributed by atoms with E-state index in [4.69, 9.17) is 5.11 Å². The Morgan fingerprint density at radius 3 is 2.40 bits per heavy atom. The summed E-state index contributed by atoms with van der Waals surface area (Å²) in [5.74, 6) is -1.09. The van der Waals surface area contributed by atoms with Crippen LogP contribution in [-0.4, -0.2) is 61.3 Å². The number of rotatable bonds is 5. The monoisotopic (exact) mass is 368 g/mol. The van der Waals surface area contributed by atoms with Gasteiger partial charge in [0.2, 0.25) is 10.0 Å². The zero-order valence-electron chi connectivity index (χ0n) is 14.7. The van der Waals surface area contributed by atoms with Crippen LogP contribution in [0.4, 0.5) is 0 Å². The van der Waals surface area contributed by atoms with Gasteiger partial charge in [-0.3, -0.25) is 9.59 Å². The van der Waals surface area contributed by atoms with Gasteiger partial charge in [0.1, 0.15) is 6.54 Å². The number of nitrogens with zero attached hydrogens (tertiary/aromatic N) is 2. The molecular formula is C17H24N2O5S. The number of hydrogen-bond donors (Lipinski definition) is 1. The molecule has 8 heteroatoms. The minimum absolute atomic E-state index is 0.0587. The molecule has 2 unspecified atom stereocenters. The van der Waals surface area contributed by atoms with E-state index in [2.05, 4.69) is 0 Å². The summed E-state index contributed by atoms with van der Waals surface area (Å²) >= 11 is 0. The molecule has 1 fully saturated rings. The third-order valence-electron chi connectivity index (χ3n) is 4.27. The van der Waals surface area contributed by atoms with Crippen molar-refractivity contribution in [3.63, 3.8) is 0 Å². The standard InChI is InChI=1S/C17H24N2O5S/c1-12-7-13(2)10-19(9-12)25(23,24)15-6-4-5-14(8-15)17(22)18(3)11-16(20)21/h4-6,8,12-13H,7,9-11H2,1-3H3,(H,20,21). The maximum absolute atomic E-state index is 12.9. The maximum atomic E-state index is 12.9. The van der Waals surface area contributed by atoms with E-state index in [1.807, 2.05) is 13.8 Å².